The van der Waals surface area contributed by atoms with Crippen molar-refractivity contribution >= 4 is 0 Å². The lowest BCUT2D eigenvalue weighted by molar-refractivity contribution is 0.277. The summed E-state index contributed by atoms with van der Waals surface area (Å²) in [5.41, 5.74) is -0.532. The number of H-pyrrole nitrogens is 2. The van der Waals surface area contributed by atoms with E-state index in [1.807, 2.05) is 32.7 Å². The molecule has 0 atom stereocenters. The molecule has 19 heavy (non-hydrogen) atoms. The number of aromatic amines is 2. The summed E-state index contributed by atoms with van der Waals surface area (Å²) in [7, 11) is 1.35. The summed E-state index contributed by atoms with van der Waals surface area (Å²) in [4.78, 5) is 34.5. The molecule has 2 rings (SSSR count). The number of rotatable bonds is 0. The van der Waals surface area contributed by atoms with Gasteiger partial charge in [0.2, 0.25) is 0 Å². The molecule has 2 heterocycles. The first kappa shape index (κ1) is 19.0. The molecule has 2 aromatic rings. The van der Waals surface area contributed by atoms with E-state index in [0.717, 1.165) is 4.74 Å². The number of nitrogens with one attached hydrogen (secondary N) is 2. The van der Waals surface area contributed by atoms with Crippen LogP contribution in [0.15, 0.2) is 23.4 Å². The van der Waals surface area contributed by atoms with Crippen molar-refractivity contribution in [3.63, 3.8) is 0 Å². The van der Waals surface area contributed by atoms with Crippen LogP contribution in [0, 0.1) is 6.92 Å². The Hall–Kier alpha value is -2.32. The Bertz CT molecular complexity index is 586. The van der Waals surface area contributed by atoms with Crippen LogP contribution in [0.1, 0.15) is 33.5 Å². The summed E-state index contributed by atoms with van der Waals surface area (Å²) in [6.07, 6.45) is 0. The van der Waals surface area contributed by atoms with E-state index in [1.165, 1.54) is 7.05 Å². The quantitative estimate of drug-likeness (QED) is 0.716. The first-order valence-corrected chi connectivity index (χ1v) is 5.78. The molecular weight excluding hydrogens is 256 g/mol. The molecule has 0 amide bonds. The minimum atomic E-state index is -0.725. The Labute approximate surface area is 109 Å². The standard InChI is InChI=1S/C3H4N2O3.C3H4N2O2.2C2H6/c1-5-2(6)4-3(7)8-5;1-2-4-3(6)7-5-2;2*1-2/h1H3,(H,4,6,7);1H3,(H,4,5,6);2*1-2H3. The van der Waals surface area contributed by atoms with Gasteiger partial charge >= 0.3 is 17.2 Å². The van der Waals surface area contributed by atoms with E-state index in [9.17, 15) is 14.4 Å². The van der Waals surface area contributed by atoms with E-state index in [-0.39, 0.29) is 0 Å². The van der Waals surface area contributed by atoms with Crippen LogP contribution in [0.25, 0.3) is 0 Å². The van der Waals surface area contributed by atoms with Gasteiger partial charge in [0.05, 0.1) is 7.05 Å². The molecule has 0 aliphatic rings. The zero-order valence-electron chi connectivity index (χ0n) is 11.9. The van der Waals surface area contributed by atoms with Crippen LogP contribution in [-0.4, -0.2) is 19.9 Å². The predicted octanol–water partition coefficient (Wildman–Crippen LogP) is 0.390. The van der Waals surface area contributed by atoms with Crippen LogP contribution < -0.4 is 17.2 Å². The molecule has 9 heteroatoms. The molecular formula is C10H20N4O5. The van der Waals surface area contributed by atoms with Gasteiger partial charge in [0.15, 0.2) is 0 Å². The topological polar surface area (TPSA) is 127 Å². The maximum absolute atomic E-state index is 10.3. The fourth-order valence-corrected chi connectivity index (χ4v) is 0.658. The highest BCUT2D eigenvalue weighted by Crippen LogP contribution is 1.72. The van der Waals surface area contributed by atoms with E-state index in [2.05, 4.69) is 19.2 Å². The fraction of sp³-hybridized carbons (Fsp3) is 0.600. The number of aryl methyl sites for hydroxylation is 2. The van der Waals surface area contributed by atoms with Gasteiger partial charge in [-0.15, -0.1) is 0 Å². The van der Waals surface area contributed by atoms with Crippen LogP contribution in [0.2, 0.25) is 0 Å². The summed E-state index contributed by atoms with van der Waals surface area (Å²) in [5.74, 6) is -0.722. The summed E-state index contributed by atoms with van der Waals surface area (Å²) in [6.45, 7) is 9.64. The first-order valence-electron chi connectivity index (χ1n) is 5.78. The molecule has 2 N–H and O–H groups in total. The number of nitrogens with zero attached hydrogens (tertiary/aromatic N) is 2. The maximum Gasteiger partial charge on any atom is 0.440 e. The van der Waals surface area contributed by atoms with Gasteiger partial charge in [0, 0.05) is 0 Å². The highest BCUT2D eigenvalue weighted by atomic mass is 16.5. The van der Waals surface area contributed by atoms with Crippen LogP contribution >= 0.6 is 0 Å². The molecule has 0 aliphatic heterocycles. The van der Waals surface area contributed by atoms with Gasteiger partial charge in [0.25, 0.3) is 0 Å². The van der Waals surface area contributed by atoms with Gasteiger partial charge in [-0.25, -0.2) is 19.4 Å². The second-order valence-electron chi connectivity index (χ2n) is 2.49. The molecule has 0 unspecified atom stereocenters. The number of hydrogen-bond acceptors (Lipinski definition) is 6. The van der Waals surface area contributed by atoms with Crippen molar-refractivity contribution in [3.05, 3.63) is 37.4 Å². The Morgan fingerprint density at radius 1 is 1.00 bits per heavy atom. The van der Waals surface area contributed by atoms with Crippen LogP contribution in [0.5, 0.6) is 0 Å². The van der Waals surface area contributed by atoms with Crippen molar-refractivity contribution in [1.82, 2.24) is 19.9 Å². The van der Waals surface area contributed by atoms with Crippen molar-refractivity contribution in [2.45, 2.75) is 34.6 Å². The normalized spacial score (nSPS) is 8.11. The fourth-order valence-electron chi connectivity index (χ4n) is 0.658. The molecule has 0 aromatic carbocycles. The number of hydrogen-bond donors (Lipinski definition) is 2. The van der Waals surface area contributed by atoms with Crippen molar-refractivity contribution in [1.29, 1.82) is 0 Å². The third-order valence-corrected chi connectivity index (χ3v) is 1.26. The minimum absolute atomic E-state index is 0.502. The molecule has 0 radical (unpaired) electrons. The predicted molar refractivity (Wildman–Crippen MR) is 69.1 cm³/mol. The van der Waals surface area contributed by atoms with E-state index >= 15 is 0 Å². The third-order valence-electron chi connectivity index (χ3n) is 1.26. The lowest BCUT2D eigenvalue weighted by Crippen LogP contribution is -2.12. The molecule has 0 saturated heterocycles. The molecule has 9 nitrogen and oxygen atoms in total. The molecule has 110 valence electrons. The van der Waals surface area contributed by atoms with E-state index in [4.69, 9.17) is 0 Å². The van der Waals surface area contributed by atoms with Crippen molar-refractivity contribution < 1.29 is 9.05 Å². The smallest absolute Gasteiger partial charge is 0.317 e. The van der Waals surface area contributed by atoms with Crippen molar-refractivity contribution in [3.8, 4) is 0 Å². The zero-order chi connectivity index (χ0) is 15.4. The largest absolute Gasteiger partial charge is 0.440 e. The van der Waals surface area contributed by atoms with Crippen LogP contribution in [-0.2, 0) is 7.05 Å². The SMILES string of the molecule is CC.CC.Cc1noc(=O)[nH]1.Cn1oc(=O)[nH]c1=O. The van der Waals surface area contributed by atoms with Crippen molar-refractivity contribution in [2.75, 3.05) is 0 Å². The lowest BCUT2D eigenvalue weighted by atomic mass is 10.8. The highest BCUT2D eigenvalue weighted by molar-refractivity contribution is 4.68. The minimum Gasteiger partial charge on any atom is -0.317 e. The van der Waals surface area contributed by atoms with Crippen LogP contribution in [0.3, 0.4) is 0 Å². The van der Waals surface area contributed by atoms with Gasteiger partial charge in [0.1, 0.15) is 5.82 Å². The molecule has 2 aromatic heterocycles. The second kappa shape index (κ2) is 10.8. The number of aromatic nitrogens is 4. The average Bonchev–Trinajstić information content (AvgIpc) is 2.91. The van der Waals surface area contributed by atoms with Gasteiger partial charge in [-0.05, 0) is 6.92 Å². The Morgan fingerprint density at radius 2 is 1.53 bits per heavy atom. The highest BCUT2D eigenvalue weighted by Gasteiger charge is 1.92. The van der Waals surface area contributed by atoms with Crippen LogP contribution in [0.4, 0.5) is 0 Å². The monoisotopic (exact) mass is 276 g/mol. The van der Waals surface area contributed by atoms with E-state index in [1.54, 1.807) is 6.92 Å². The second-order valence-corrected chi connectivity index (χ2v) is 2.49. The van der Waals surface area contributed by atoms with Gasteiger partial charge in [-0.3, -0.25) is 9.51 Å². The summed E-state index contributed by atoms with van der Waals surface area (Å²) in [6, 6.07) is 0. The first-order chi connectivity index (χ1) is 8.99. The molecule has 0 fully saturated rings. The van der Waals surface area contributed by atoms with Gasteiger partial charge < -0.3 is 4.52 Å². The Morgan fingerprint density at radius 3 is 1.63 bits per heavy atom. The van der Waals surface area contributed by atoms with Gasteiger partial charge in [-0.2, -0.15) is 4.74 Å². The molecule has 0 bridgehead atoms. The zero-order valence-corrected chi connectivity index (χ0v) is 11.9. The summed E-state index contributed by atoms with van der Waals surface area (Å²) in [5, 5.41) is 3.27. The molecule has 0 saturated carbocycles. The van der Waals surface area contributed by atoms with E-state index in [0.29, 0.717) is 5.82 Å². The van der Waals surface area contributed by atoms with E-state index < -0.39 is 17.2 Å². The lowest BCUT2D eigenvalue weighted by Gasteiger charge is -1.74. The molecule has 0 spiro atoms. The summed E-state index contributed by atoms with van der Waals surface area (Å²) < 4.78 is 9.13. The Balaban J connectivity index is 0. The average molecular weight is 276 g/mol. The maximum atomic E-state index is 10.3. The third kappa shape index (κ3) is 8.41. The van der Waals surface area contributed by atoms with Crippen molar-refractivity contribution in [2.24, 2.45) is 7.05 Å². The summed E-state index contributed by atoms with van der Waals surface area (Å²) >= 11 is 0. The Kier molecular flexibility index (Phi) is 10.8. The van der Waals surface area contributed by atoms with Gasteiger partial charge in [-0.1, -0.05) is 32.9 Å². The molecule has 0 aliphatic carbocycles.